The summed E-state index contributed by atoms with van der Waals surface area (Å²) in [7, 11) is 0. The Hall–Kier alpha value is -3.09. The van der Waals surface area contributed by atoms with E-state index >= 15 is 0 Å². The van der Waals surface area contributed by atoms with Gasteiger partial charge in [-0.25, -0.2) is 4.39 Å². The van der Waals surface area contributed by atoms with Gasteiger partial charge in [0.15, 0.2) is 18.2 Å². The van der Waals surface area contributed by atoms with Gasteiger partial charge in [-0.15, -0.1) is 0 Å². The highest BCUT2D eigenvalue weighted by Crippen LogP contribution is 2.22. The lowest BCUT2D eigenvalue weighted by molar-refractivity contribution is -0.149. The van der Waals surface area contributed by atoms with E-state index in [4.69, 9.17) is 4.74 Å². The summed E-state index contributed by atoms with van der Waals surface area (Å²) in [5.41, 5.74) is 1.18. The summed E-state index contributed by atoms with van der Waals surface area (Å²) >= 11 is 0. The SMILES string of the molecule is O=C(COc1ccccc1F)N1CC(C(=O)N2CCN(c3ccccc3)CC2)C1. The van der Waals surface area contributed by atoms with E-state index in [1.807, 2.05) is 23.1 Å². The Morgan fingerprint density at radius 2 is 1.55 bits per heavy atom. The van der Waals surface area contributed by atoms with Gasteiger partial charge in [0.1, 0.15) is 0 Å². The number of nitrogens with zero attached hydrogens (tertiary/aromatic N) is 3. The van der Waals surface area contributed by atoms with Gasteiger partial charge in [0.2, 0.25) is 5.91 Å². The van der Waals surface area contributed by atoms with Crippen LogP contribution in [0.4, 0.5) is 10.1 Å². The minimum atomic E-state index is -0.494. The number of benzene rings is 2. The maximum atomic E-state index is 13.5. The van der Waals surface area contributed by atoms with E-state index < -0.39 is 5.82 Å². The van der Waals surface area contributed by atoms with Crippen molar-refractivity contribution in [2.75, 3.05) is 50.8 Å². The normalized spacial score (nSPS) is 17.1. The summed E-state index contributed by atoms with van der Waals surface area (Å²) in [4.78, 5) is 30.7. The van der Waals surface area contributed by atoms with Crippen LogP contribution in [-0.4, -0.2) is 67.5 Å². The molecule has 0 aliphatic carbocycles. The highest BCUT2D eigenvalue weighted by atomic mass is 19.1. The van der Waals surface area contributed by atoms with Crippen molar-refractivity contribution in [3.63, 3.8) is 0 Å². The van der Waals surface area contributed by atoms with Crippen molar-refractivity contribution in [1.82, 2.24) is 9.80 Å². The Kier molecular flexibility index (Phi) is 5.64. The van der Waals surface area contributed by atoms with E-state index in [0.717, 1.165) is 13.1 Å². The van der Waals surface area contributed by atoms with Crippen molar-refractivity contribution in [3.05, 3.63) is 60.4 Å². The fourth-order valence-electron chi connectivity index (χ4n) is 3.71. The molecule has 2 amide bonds. The minimum absolute atomic E-state index is 0.0605. The summed E-state index contributed by atoms with van der Waals surface area (Å²) < 4.78 is 18.8. The third-order valence-electron chi connectivity index (χ3n) is 5.48. The number of para-hydroxylation sites is 2. The molecule has 6 nitrogen and oxygen atoms in total. The first-order valence-electron chi connectivity index (χ1n) is 9.85. The Morgan fingerprint density at radius 3 is 2.24 bits per heavy atom. The molecule has 0 saturated carbocycles. The average Bonchev–Trinajstić information content (AvgIpc) is 2.73. The molecule has 2 aliphatic rings. The van der Waals surface area contributed by atoms with Gasteiger partial charge < -0.3 is 19.4 Å². The molecular weight excluding hydrogens is 373 g/mol. The number of rotatable bonds is 5. The lowest BCUT2D eigenvalue weighted by Crippen LogP contribution is -2.59. The predicted molar refractivity (Wildman–Crippen MR) is 107 cm³/mol. The molecule has 0 radical (unpaired) electrons. The third kappa shape index (κ3) is 4.34. The van der Waals surface area contributed by atoms with E-state index in [-0.39, 0.29) is 30.1 Å². The largest absolute Gasteiger partial charge is 0.481 e. The van der Waals surface area contributed by atoms with Gasteiger partial charge in [0.25, 0.3) is 5.91 Å². The molecule has 0 unspecified atom stereocenters. The Labute approximate surface area is 169 Å². The zero-order chi connectivity index (χ0) is 20.2. The van der Waals surface area contributed by atoms with E-state index in [2.05, 4.69) is 17.0 Å². The van der Waals surface area contributed by atoms with Crippen LogP contribution in [0.15, 0.2) is 54.6 Å². The molecule has 2 aromatic carbocycles. The van der Waals surface area contributed by atoms with Gasteiger partial charge in [-0.05, 0) is 24.3 Å². The van der Waals surface area contributed by atoms with Crippen LogP contribution in [0.5, 0.6) is 5.75 Å². The molecule has 2 aromatic rings. The standard InChI is InChI=1S/C22H24FN3O3/c23-19-8-4-5-9-20(19)29-16-21(27)26-14-17(15-26)22(28)25-12-10-24(11-13-25)18-6-2-1-3-7-18/h1-9,17H,10-16H2. The number of carbonyl (C=O) groups is 2. The van der Waals surface area contributed by atoms with Crippen molar-refractivity contribution in [3.8, 4) is 5.75 Å². The van der Waals surface area contributed by atoms with Crippen LogP contribution in [-0.2, 0) is 9.59 Å². The Balaban J connectivity index is 1.20. The van der Waals surface area contributed by atoms with Crippen LogP contribution >= 0.6 is 0 Å². The number of likely N-dealkylation sites (tertiary alicyclic amines) is 1. The van der Waals surface area contributed by atoms with Crippen molar-refractivity contribution in [2.24, 2.45) is 5.92 Å². The molecule has 2 fully saturated rings. The fraction of sp³-hybridized carbons (Fsp3) is 0.364. The molecule has 2 saturated heterocycles. The second kappa shape index (κ2) is 8.51. The monoisotopic (exact) mass is 397 g/mol. The summed E-state index contributed by atoms with van der Waals surface area (Å²) in [6, 6.07) is 16.2. The minimum Gasteiger partial charge on any atom is -0.481 e. The van der Waals surface area contributed by atoms with Crippen molar-refractivity contribution >= 4 is 17.5 Å². The number of hydrogen-bond acceptors (Lipinski definition) is 4. The van der Waals surface area contributed by atoms with Gasteiger partial charge in [0.05, 0.1) is 5.92 Å². The van der Waals surface area contributed by atoms with Crippen molar-refractivity contribution < 1.29 is 18.7 Å². The molecule has 0 aromatic heterocycles. The maximum Gasteiger partial charge on any atom is 0.260 e. The highest BCUT2D eigenvalue weighted by molar-refractivity contribution is 5.85. The van der Waals surface area contributed by atoms with E-state index in [1.165, 1.54) is 17.8 Å². The zero-order valence-electron chi connectivity index (χ0n) is 16.2. The maximum absolute atomic E-state index is 13.5. The van der Waals surface area contributed by atoms with Gasteiger partial charge in [-0.1, -0.05) is 30.3 Å². The number of hydrogen-bond donors (Lipinski definition) is 0. The van der Waals surface area contributed by atoms with Crippen LogP contribution in [0.25, 0.3) is 0 Å². The van der Waals surface area contributed by atoms with Crippen molar-refractivity contribution in [2.45, 2.75) is 0 Å². The first-order valence-corrected chi connectivity index (χ1v) is 9.85. The molecule has 0 bridgehead atoms. The first-order chi connectivity index (χ1) is 14.1. The summed E-state index contributed by atoms with van der Waals surface area (Å²) in [6.45, 7) is 3.57. The molecule has 7 heteroatoms. The second-order valence-electron chi connectivity index (χ2n) is 7.36. The Bertz CT molecular complexity index is 863. The van der Waals surface area contributed by atoms with Crippen LogP contribution in [0, 0.1) is 11.7 Å². The molecule has 2 aliphatic heterocycles. The molecule has 152 valence electrons. The number of amides is 2. The molecule has 0 atom stereocenters. The van der Waals surface area contributed by atoms with E-state index in [9.17, 15) is 14.0 Å². The number of halogens is 1. The smallest absolute Gasteiger partial charge is 0.260 e. The molecule has 4 rings (SSSR count). The molecular formula is C22H24FN3O3. The third-order valence-corrected chi connectivity index (χ3v) is 5.48. The van der Waals surface area contributed by atoms with Crippen LogP contribution < -0.4 is 9.64 Å². The Morgan fingerprint density at radius 1 is 0.897 bits per heavy atom. The number of piperazine rings is 1. The van der Waals surface area contributed by atoms with Gasteiger partial charge in [-0.2, -0.15) is 0 Å². The molecule has 2 heterocycles. The van der Waals surface area contributed by atoms with Gasteiger partial charge in [-0.3, -0.25) is 9.59 Å². The molecule has 0 spiro atoms. The van der Waals surface area contributed by atoms with Crippen LogP contribution in [0.2, 0.25) is 0 Å². The second-order valence-corrected chi connectivity index (χ2v) is 7.36. The summed E-state index contributed by atoms with van der Waals surface area (Å²) in [5, 5.41) is 0. The van der Waals surface area contributed by atoms with E-state index in [0.29, 0.717) is 26.2 Å². The topological polar surface area (TPSA) is 53.1 Å². The van der Waals surface area contributed by atoms with Gasteiger partial charge >= 0.3 is 0 Å². The quantitative estimate of drug-likeness (QED) is 0.775. The molecule has 29 heavy (non-hydrogen) atoms. The van der Waals surface area contributed by atoms with Crippen molar-refractivity contribution in [1.29, 1.82) is 0 Å². The number of ether oxygens (including phenoxy) is 1. The zero-order valence-corrected chi connectivity index (χ0v) is 16.2. The summed E-state index contributed by atoms with van der Waals surface area (Å²) in [5.74, 6) is -0.712. The highest BCUT2D eigenvalue weighted by Gasteiger charge is 2.38. The lowest BCUT2D eigenvalue weighted by Gasteiger charge is -2.43. The van der Waals surface area contributed by atoms with Gasteiger partial charge in [0, 0.05) is 45.0 Å². The number of carbonyl (C=O) groups excluding carboxylic acids is 2. The van der Waals surface area contributed by atoms with Crippen LogP contribution in [0.1, 0.15) is 0 Å². The number of anilines is 1. The summed E-state index contributed by atoms with van der Waals surface area (Å²) in [6.07, 6.45) is 0. The average molecular weight is 397 g/mol. The van der Waals surface area contributed by atoms with E-state index in [1.54, 1.807) is 17.0 Å². The predicted octanol–water partition coefficient (Wildman–Crippen LogP) is 2.01. The first kappa shape index (κ1) is 19.2. The molecule has 0 N–H and O–H groups in total. The fourth-order valence-corrected chi connectivity index (χ4v) is 3.71. The van der Waals surface area contributed by atoms with Crippen LogP contribution in [0.3, 0.4) is 0 Å². The lowest BCUT2D eigenvalue weighted by atomic mass is 9.98.